The summed E-state index contributed by atoms with van der Waals surface area (Å²) in [5.41, 5.74) is 1.29. The molecule has 1 atom stereocenters. The van der Waals surface area contributed by atoms with Gasteiger partial charge in [-0.3, -0.25) is 0 Å². The first kappa shape index (κ1) is 8.74. The van der Waals surface area contributed by atoms with Crippen molar-refractivity contribution in [3.8, 4) is 0 Å². The van der Waals surface area contributed by atoms with Gasteiger partial charge in [0, 0.05) is 0 Å². The molecule has 0 amide bonds. The lowest BCUT2D eigenvalue weighted by molar-refractivity contribution is 0.602. The van der Waals surface area contributed by atoms with E-state index in [2.05, 4.69) is 27.4 Å². The Kier molecular flexibility index (Phi) is 4.47. The van der Waals surface area contributed by atoms with E-state index in [9.17, 15) is 0 Å². The fourth-order valence-corrected chi connectivity index (χ4v) is 0.752. The van der Waals surface area contributed by atoms with Crippen molar-refractivity contribution in [3.05, 3.63) is 19.1 Å². The van der Waals surface area contributed by atoms with E-state index in [0.717, 1.165) is 0 Å². The maximum absolute atomic E-state index is 3.91. The molecule has 0 spiro atoms. The van der Waals surface area contributed by atoms with Crippen LogP contribution in [0.25, 0.3) is 0 Å². The average molecular weight is 125 g/mol. The summed E-state index contributed by atoms with van der Waals surface area (Å²) in [6.07, 6.45) is 3.65. The first-order valence-corrected chi connectivity index (χ1v) is 3.60. The smallest absolute Gasteiger partial charge is 0.0326 e. The minimum Gasteiger partial charge on any atom is -0.100 e. The van der Waals surface area contributed by atoms with Gasteiger partial charge in [0.1, 0.15) is 0 Å². The molecule has 0 heterocycles. The highest BCUT2D eigenvalue weighted by atomic mass is 14.0. The Balaban J connectivity index is 3.01. The molecule has 0 rings (SSSR count). The second-order valence-electron chi connectivity index (χ2n) is 2.95. The van der Waals surface area contributed by atoms with Crippen LogP contribution in [0.15, 0.2) is 12.2 Å². The SMILES string of the molecule is [CH2]C(C)CCCC(=C)C. The van der Waals surface area contributed by atoms with E-state index in [-0.39, 0.29) is 0 Å². The molecule has 0 fully saturated rings. The highest BCUT2D eigenvalue weighted by molar-refractivity contribution is 4.87. The molecule has 0 heteroatoms. The summed E-state index contributed by atoms with van der Waals surface area (Å²) < 4.78 is 0. The van der Waals surface area contributed by atoms with E-state index in [1.54, 1.807) is 0 Å². The van der Waals surface area contributed by atoms with Crippen LogP contribution in [0, 0.1) is 12.8 Å². The van der Waals surface area contributed by atoms with Gasteiger partial charge in [-0.2, -0.15) is 0 Å². The molecule has 0 aliphatic rings. The van der Waals surface area contributed by atoms with Gasteiger partial charge in [0.2, 0.25) is 0 Å². The van der Waals surface area contributed by atoms with Gasteiger partial charge >= 0.3 is 0 Å². The van der Waals surface area contributed by atoms with Gasteiger partial charge < -0.3 is 0 Å². The summed E-state index contributed by atoms with van der Waals surface area (Å²) in [7, 11) is 0. The van der Waals surface area contributed by atoms with Crippen molar-refractivity contribution in [3.63, 3.8) is 0 Å². The molecule has 0 aliphatic heterocycles. The quantitative estimate of drug-likeness (QED) is 0.506. The van der Waals surface area contributed by atoms with Crippen molar-refractivity contribution in [2.75, 3.05) is 0 Å². The summed E-state index contributed by atoms with van der Waals surface area (Å²) in [6, 6.07) is 0. The monoisotopic (exact) mass is 125 g/mol. The van der Waals surface area contributed by atoms with Crippen LogP contribution >= 0.6 is 0 Å². The number of hydrogen-bond donors (Lipinski definition) is 0. The molecule has 1 unspecified atom stereocenters. The van der Waals surface area contributed by atoms with Crippen molar-refractivity contribution in [1.29, 1.82) is 0 Å². The van der Waals surface area contributed by atoms with Crippen molar-refractivity contribution in [2.24, 2.45) is 5.92 Å². The molecular formula is C9H17. The van der Waals surface area contributed by atoms with E-state index in [0.29, 0.717) is 5.92 Å². The van der Waals surface area contributed by atoms with Crippen LogP contribution in [0.4, 0.5) is 0 Å². The molecule has 1 radical (unpaired) electrons. The Bertz CT molecular complexity index is 80.0. The Morgan fingerprint density at radius 3 is 2.44 bits per heavy atom. The van der Waals surface area contributed by atoms with Gasteiger partial charge in [-0.15, -0.1) is 6.58 Å². The van der Waals surface area contributed by atoms with Crippen LogP contribution in [0.1, 0.15) is 33.1 Å². The summed E-state index contributed by atoms with van der Waals surface area (Å²) in [4.78, 5) is 0. The zero-order valence-electron chi connectivity index (χ0n) is 6.61. The Morgan fingerprint density at radius 1 is 1.56 bits per heavy atom. The molecule has 53 valence electrons. The molecule has 0 saturated carbocycles. The largest absolute Gasteiger partial charge is 0.100 e. The highest BCUT2D eigenvalue weighted by Crippen LogP contribution is 2.09. The standard InChI is InChI=1S/C9H17/c1-8(2)6-5-7-9(3)4/h8H,1,3,5-7H2,2,4H3. The predicted molar refractivity (Wildman–Crippen MR) is 43.2 cm³/mol. The third-order valence-electron chi connectivity index (χ3n) is 1.30. The molecule has 0 aromatic carbocycles. The summed E-state index contributed by atoms with van der Waals surface area (Å²) in [5, 5.41) is 0. The lowest BCUT2D eigenvalue weighted by atomic mass is 10.0. The molecule has 0 bridgehead atoms. The minimum absolute atomic E-state index is 0.601. The van der Waals surface area contributed by atoms with Gasteiger partial charge in [0.25, 0.3) is 0 Å². The summed E-state index contributed by atoms with van der Waals surface area (Å²) in [6.45, 7) is 12.0. The zero-order valence-corrected chi connectivity index (χ0v) is 6.61. The van der Waals surface area contributed by atoms with Crippen molar-refractivity contribution < 1.29 is 0 Å². The number of hydrogen-bond acceptors (Lipinski definition) is 0. The van der Waals surface area contributed by atoms with Crippen molar-refractivity contribution in [1.82, 2.24) is 0 Å². The molecule has 9 heavy (non-hydrogen) atoms. The van der Waals surface area contributed by atoms with E-state index < -0.39 is 0 Å². The molecule has 0 nitrogen and oxygen atoms in total. The van der Waals surface area contributed by atoms with Crippen LogP contribution in [-0.4, -0.2) is 0 Å². The predicted octanol–water partition coefficient (Wildman–Crippen LogP) is 3.20. The fourth-order valence-electron chi connectivity index (χ4n) is 0.752. The Hall–Kier alpha value is -0.260. The van der Waals surface area contributed by atoms with Crippen LogP contribution < -0.4 is 0 Å². The average Bonchev–Trinajstić information content (AvgIpc) is 1.63. The van der Waals surface area contributed by atoms with Gasteiger partial charge in [-0.25, -0.2) is 0 Å². The molecular weight excluding hydrogens is 108 g/mol. The normalized spacial score (nSPS) is 10.2. The van der Waals surface area contributed by atoms with Crippen LogP contribution in [-0.2, 0) is 0 Å². The lowest BCUT2D eigenvalue weighted by Crippen LogP contribution is -1.86. The summed E-state index contributed by atoms with van der Waals surface area (Å²) >= 11 is 0. The first-order valence-electron chi connectivity index (χ1n) is 3.60. The molecule has 0 saturated heterocycles. The van der Waals surface area contributed by atoms with Crippen LogP contribution in [0.2, 0.25) is 0 Å². The van der Waals surface area contributed by atoms with E-state index in [1.165, 1.54) is 24.8 Å². The van der Waals surface area contributed by atoms with Crippen LogP contribution in [0.3, 0.4) is 0 Å². The lowest BCUT2D eigenvalue weighted by Gasteiger charge is -2.02. The third-order valence-corrected chi connectivity index (χ3v) is 1.30. The molecule has 0 aromatic rings. The first-order chi connectivity index (χ1) is 4.13. The molecule has 0 aliphatic carbocycles. The van der Waals surface area contributed by atoms with E-state index in [4.69, 9.17) is 0 Å². The summed E-state index contributed by atoms with van der Waals surface area (Å²) in [5.74, 6) is 0.601. The zero-order chi connectivity index (χ0) is 7.28. The third kappa shape index (κ3) is 7.74. The number of rotatable bonds is 4. The molecule has 0 N–H and O–H groups in total. The Morgan fingerprint density at radius 2 is 2.11 bits per heavy atom. The highest BCUT2D eigenvalue weighted by Gasteiger charge is 1.92. The topological polar surface area (TPSA) is 0 Å². The molecule has 0 aromatic heterocycles. The fraction of sp³-hybridized carbons (Fsp3) is 0.667. The second kappa shape index (κ2) is 4.60. The van der Waals surface area contributed by atoms with Crippen LogP contribution in [0.5, 0.6) is 0 Å². The van der Waals surface area contributed by atoms with E-state index >= 15 is 0 Å². The Labute approximate surface area is 59.0 Å². The van der Waals surface area contributed by atoms with Gasteiger partial charge in [-0.1, -0.05) is 25.8 Å². The minimum atomic E-state index is 0.601. The van der Waals surface area contributed by atoms with Gasteiger partial charge in [0.15, 0.2) is 0 Å². The van der Waals surface area contributed by atoms with Crippen molar-refractivity contribution >= 4 is 0 Å². The maximum atomic E-state index is 3.91. The second-order valence-corrected chi connectivity index (χ2v) is 2.95. The van der Waals surface area contributed by atoms with Gasteiger partial charge in [0.05, 0.1) is 0 Å². The van der Waals surface area contributed by atoms with Crippen molar-refractivity contribution in [2.45, 2.75) is 33.1 Å². The maximum Gasteiger partial charge on any atom is -0.0326 e. The van der Waals surface area contributed by atoms with E-state index in [1.807, 2.05) is 0 Å². The number of allylic oxidation sites excluding steroid dienone is 1. The van der Waals surface area contributed by atoms with Gasteiger partial charge in [-0.05, 0) is 25.7 Å².